The third-order valence-electron chi connectivity index (χ3n) is 2.58. The SMILES string of the molecule is CC(C)COC(=O)C1NCCCC1C. The molecule has 0 aliphatic carbocycles. The number of hydrogen-bond acceptors (Lipinski definition) is 3. The predicted octanol–water partition coefficient (Wildman–Crippen LogP) is 1.57. The maximum absolute atomic E-state index is 11.6. The fourth-order valence-corrected chi connectivity index (χ4v) is 1.70. The Balaban J connectivity index is 2.34. The molecule has 1 fully saturated rings. The first-order chi connectivity index (χ1) is 6.61. The molecule has 0 bridgehead atoms. The highest BCUT2D eigenvalue weighted by Gasteiger charge is 2.28. The van der Waals surface area contributed by atoms with Gasteiger partial charge in [-0.05, 0) is 31.2 Å². The number of esters is 1. The number of piperidine rings is 1. The number of ether oxygens (including phenoxy) is 1. The van der Waals surface area contributed by atoms with Crippen molar-refractivity contribution in [2.75, 3.05) is 13.2 Å². The van der Waals surface area contributed by atoms with Crippen molar-refractivity contribution in [3.05, 3.63) is 0 Å². The molecule has 1 aliphatic rings. The van der Waals surface area contributed by atoms with Gasteiger partial charge < -0.3 is 10.1 Å². The topological polar surface area (TPSA) is 38.3 Å². The molecule has 0 amide bonds. The van der Waals surface area contributed by atoms with Gasteiger partial charge in [-0.3, -0.25) is 4.79 Å². The first-order valence-corrected chi connectivity index (χ1v) is 5.51. The Bertz CT molecular complexity index is 192. The average Bonchev–Trinajstić information content (AvgIpc) is 2.15. The number of hydrogen-bond donors (Lipinski definition) is 1. The maximum Gasteiger partial charge on any atom is 0.323 e. The summed E-state index contributed by atoms with van der Waals surface area (Å²) in [5, 5.41) is 3.22. The van der Waals surface area contributed by atoms with Crippen LogP contribution in [-0.2, 0) is 9.53 Å². The van der Waals surface area contributed by atoms with Gasteiger partial charge >= 0.3 is 5.97 Å². The van der Waals surface area contributed by atoms with Gasteiger partial charge in [0.05, 0.1) is 6.61 Å². The van der Waals surface area contributed by atoms with E-state index in [0.717, 1.165) is 19.4 Å². The standard InChI is InChI=1S/C11H21NO2/c1-8(2)7-14-11(13)10-9(3)5-4-6-12-10/h8-10,12H,4-7H2,1-3H3. The van der Waals surface area contributed by atoms with E-state index in [1.165, 1.54) is 0 Å². The summed E-state index contributed by atoms with van der Waals surface area (Å²) in [6.07, 6.45) is 2.28. The van der Waals surface area contributed by atoms with Crippen LogP contribution in [0.5, 0.6) is 0 Å². The zero-order valence-corrected chi connectivity index (χ0v) is 9.38. The molecule has 3 heteroatoms. The van der Waals surface area contributed by atoms with Crippen LogP contribution in [0, 0.1) is 11.8 Å². The van der Waals surface area contributed by atoms with Gasteiger partial charge in [-0.2, -0.15) is 0 Å². The number of rotatable bonds is 3. The Morgan fingerprint density at radius 1 is 1.57 bits per heavy atom. The van der Waals surface area contributed by atoms with Crippen LogP contribution in [0.4, 0.5) is 0 Å². The lowest BCUT2D eigenvalue weighted by atomic mass is 9.93. The van der Waals surface area contributed by atoms with E-state index in [0.29, 0.717) is 18.4 Å². The minimum atomic E-state index is -0.0810. The minimum absolute atomic E-state index is 0.0779. The molecule has 1 heterocycles. The molecule has 1 aliphatic heterocycles. The number of carbonyl (C=O) groups excluding carboxylic acids is 1. The summed E-state index contributed by atoms with van der Waals surface area (Å²) >= 11 is 0. The van der Waals surface area contributed by atoms with Crippen molar-refractivity contribution in [3.8, 4) is 0 Å². The quantitative estimate of drug-likeness (QED) is 0.701. The Morgan fingerprint density at radius 3 is 2.86 bits per heavy atom. The first kappa shape index (κ1) is 11.5. The van der Waals surface area contributed by atoms with Crippen molar-refractivity contribution in [1.29, 1.82) is 0 Å². The lowest BCUT2D eigenvalue weighted by Crippen LogP contribution is -2.46. The van der Waals surface area contributed by atoms with Gasteiger partial charge in [-0.1, -0.05) is 20.8 Å². The molecule has 3 nitrogen and oxygen atoms in total. The fourth-order valence-electron chi connectivity index (χ4n) is 1.70. The highest BCUT2D eigenvalue weighted by Crippen LogP contribution is 2.16. The van der Waals surface area contributed by atoms with Gasteiger partial charge in [0.2, 0.25) is 0 Å². The monoisotopic (exact) mass is 199 g/mol. The molecule has 1 rings (SSSR count). The Morgan fingerprint density at radius 2 is 2.29 bits per heavy atom. The molecular formula is C11H21NO2. The lowest BCUT2D eigenvalue weighted by Gasteiger charge is -2.28. The van der Waals surface area contributed by atoms with E-state index in [4.69, 9.17) is 4.74 Å². The van der Waals surface area contributed by atoms with Gasteiger partial charge in [0.15, 0.2) is 0 Å². The van der Waals surface area contributed by atoms with Crippen molar-refractivity contribution < 1.29 is 9.53 Å². The van der Waals surface area contributed by atoms with Crippen LogP contribution in [0.1, 0.15) is 33.6 Å². The molecule has 0 radical (unpaired) electrons. The molecule has 1 N–H and O–H groups in total. The van der Waals surface area contributed by atoms with E-state index in [2.05, 4.69) is 12.2 Å². The maximum atomic E-state index is 11.6. The molecule has 0 saturated carbocycles. The molecule has 0 aromatic heterocycles. The third-order valence-corrected chi connectivity index (χ3v) is 2.58. The van der Waals surface area contributed by atoms with Gasteiger partial charge in [-0.25, -0.2) is 0 Å². The second-order valence-corrected chi connectivity index (χ2v) is 4.58. The minimum Gasteiger partial charge on any atom is -0.464 e. The smallest absolute Gasteiger partial charge is 0.323 e. The van der Waals surface area contributed by atoms with Gasteiger partial charge in [-0.15, -0.1) is 0 Å². The highest BCUT2D eigenvalue weighted by molar-refractivity contribution is 5.76. The molecule has 1 saturated heterocycles. The van der Waals surface area contributed by atoms with E-state index < -0.39 is 0 Å². The first-order valence-electron chi connectivity index (χ1n) is 5.51. The molecule has 14 heavy (non-hydrogen) atoms. The van der Waals surface area contributed by atoms with E-state index >= 15 is 0 Å². The van der Waals surface area contributed by atoms with E-state index in [1.807, 2.05) is 13.8 Å². The molecule has 2 atom stereocenters. The predicted molar refractivity (Wildman–Crippen MR) is 56.0 cm³/mol. The van der Waals surface area contributed by atoms with Crippen molar-refractivity contribution in [1.82, 2.24) is 5.32 Å². The van der Waals surface area contributed by atoms with Crippen LogP contribution in [0.3, 0.4) is 0 Å². The van der Waals surface area contributed by atoms with E-state index in [1.54, 1.807) is 0 Å². The lowest BCUT2D eigenvalue weighted by molar-refractivity contribution is -0.149. The Labute approximate surface area is 86.2 Å². The summed E-state index contributed by atoms with van der Waals surface area (Å²) in [7, 11) is 0. The normalized spacial score (nSPS) is 27.7. The van der Waals surface area contributed by atoms with E-state index in [-0.39, 0.29) is 12.0 Å². The third kappa shape index (κ3) is 3.29. The van der Waals surface area contributed by atoms with Crippen LogP contribution >= 0.6 is 0 Å². The number of nitrogens with one attached hydrogen (secondary N) is 1. The fraction of sp³-hybridized carbons (Fsp3) is 0.909. The van der Waals surface area contributed by atoms with Gasteiger partial charge in [0.25, 0.3) is 0 Å². The molecular weight excluding hydrogens is 178 g/mol. The van der Waals surface area contributed by atoms with Crippen LogP contribution in [0.15, 0.2) is 0 Å². The van der Waals surface area contributed by atoms with Gasteiger partial charge in [0, 0.05) is 0 Å². The van der Waals surface area contributed by atoms with Crippen LogP contribution in [0.2, 0.25) is 0 Å². The van der Waals surface area contributed by atoms with Crippen molar-refractivity contribution >= 4 is 5.97 Å². The number of carbonyl (C=O) groups is 1. The molecule has 2 unspecified atom stereocenters. The summed E-state index contributed by atoms with van der Waals surface area (Å²) in [6.45, 7) is 7.67. The Kier molecular flexibility index (Phi) is 4.39. The van der Waals surface area contributed by atoms with Gasteiger partial charge in [0.1, 0.15) is 6.04 Å². The summed E-state index contributed by atoms with van der Waals surface area (Å²) in [5.41, 5.74) is 0. The second kappa shape index (κ2) is 5.35. The zero-order valence-electron chi connectivity index (χ0n) is 9.38. The van der Waals surface area contributed by atoms with Crippen LogP contribution in [0.25, 0.3) is 0 Å². The molecule has 0 aromatic carbocycles. The largest absolute Gasteiger partial charge is 0.464 e. The summed E-state index contributed by atoms with van der Waals surface area (Å²) < 4.78 is 5.21. The zero-order chi connectivity index (χ0) is 10.6. The van der Waals surface area contributed by atoms with Crippen molar-refractivity contribution in [2.24, 2.45) is 11.8 Å². The Hall–Kier alpha value is -0.570. The summed E-state index contributed by atoms with van der Waals surface area (Å²) in [5.74, 6) is 0.743. The van der Waals surface area contributed by atoms with Crippen molar-refractivity contribution in [2.45, 2.75) is 39.7 Å². The molecule has 82 valence electrons. The van der Waals surface area contributed by atoms with Crippen LogP contribution in [-0.4, -0.2) is 25.2 Å². The van der Waals surface area contributed by atoms with Crippen LogP contribution < -0.4 is 5.32 Å². The van der Waals surface area contributed by atoms with E-state index in [9.17, 15) is 4.79 Å². The second-order valence-electron chi connectivity index (χ2n) is 4.58. The molecule has 0 spiro atoms. The summed E-state index contributed by atoms with van der Waals surface area (Å²) in [6, 6.07) is -0.0810. The molecule has 0 aromatic rings. The average molecular weight is 199 g/mol. The van der Waals surface area contributed by atoms with Crippen molar-refractivity contribution in [3.63, 3.8) is 0 Å². The highest BCUT2D eigenvalue weighted by atomic mass is 16.5. The summed E-state index contributed by atoms with van der Waals surface area (Å²) in [4.78, 5) is 11.6.